The molecule has 2 aromatic rings. The number of nitrogens with two attached hydrogens (primary N) is 1. The first-order valence-corrected chi connectivity index (χ1v) is 6.70. The van der Waals surface area contributed by atoms with Crippen molar-refractivity contribution < 1.29 is 4.74 Å². The minimum atomic E-state index is 0. The predicted molar refractivity (Wildman–Crippen MR) is 87.3 cm³/mol. The zero-order valence-corrected chi connectivity index (χ0v) is 13.2. The van der Waals surface area contributed by atoms with Crippen LogP contribution in [-0.4, -0.2) is 5.84 Å². The number of amidine groups is 1. The van der Waals surface area contributed by atoms with Crippen molar-refractivity contribution in [1.82, 2.24) is 0 Å². The Balaban J connectivity index is 0.00000200. The molecule has 0 aliphatic rings. The molecule has 0 radical (unpaired) electrons. The molecule has 0 aliphatic heterocycles. The normalized spacial score (nSPS) is 9.85. The van der Waals surface area contributed by atoms with E-state index < -0.39 is 0 Å². The second-order valence-corrected chi connectivity index (χ2v) is 5.05. The fraction of sp³-hybridized carbons (Fsp3) is 0.133. The third kappa shape index (κ3) is 4.63. The van der Waals surface area contributed by atoms with Crippen LogP contribution < -0.4 is 5.73 Å². The Hall–Kier alpha value is -1.36. The number of rotatable bonds is 5. The lowest BCUT2D eigenvalue weighted by Gasteiger charge is -2.07. The number of nitrogen functional groups attached to an aromatic ring is 1. The lowest BCUT2D eigenvalue weighted by atomic mass is 10.1. The van der Waals surface area contributed by atoms with Crippen molar-refractivity contribution in [1.29, 1.82) is 5.41 Å². The molecule has 0 bridgehead atoms. The van der Waals surface area contributed by atoms with Crippen LogP contribution >= 0.6 is 28.3 Å². The molecule has 5 heteroatoms. The summed E-state index contributed by atoms with van der Waals surface area (Å²) in [6.07, 6.45) is 0. The molecule has 20 heavy (non-hydrogen) atoms. The van der Waals surface area contributed by atoms with Gasteiger partial charge in [-0.2, -0.15) is 0 Å². The summed E-state index contributed by atoms with van der Waals surface area (Å²) >= 11 is 3.49. The summed E-state index contributed by atoms with van der Waals surface area (Å²) in [4.78, 5) is 0. The van der Waals surface area contributed by atoms with E-state index in [1.807, 2.05) is 48.5 Å². The molecular weight excluding hydrogens is 340 g/mol. The fourth-order valence-corrected chi connectivity index (χ4v) is 2.07. The maximum Gasteiger partial charge on any atom is 0.122 e. The van der Waals surface area contributed by atoms with Gasteiger partial charge in [-0.05, 0) is 17.2 Å². The summed E-state index contributed by atoms with van der Waals surface area (Å²) in [6.45, 7) is 1.11. The second kappa shape index (κ2) is 8.04. The van der Waals surface area contributed by atoms with Crippen molar-refractivity contribution in [2.24, 2.45) is 5.73 Å². The van der Waals surface area contributed by atoms with E-state index in [0.29, 0.717) is 13.2 Å². The summed E-state index contributed by atoms with van der Waals surface area (Å²) in [5.41, 5.74) is 8.33. The van der Waals surface area contributed by atoms with Gasteiger partial charge in [0.05, 0.1) is 13.2 Å². The predicted octanol–water partition coefficient (Wildman–Crippen LogP) is 3.87. The molecule has 0 amide bonds. The van der Waals surface area contributed by atoms with E-state index in [1.165, 1.54) is 0 Å². The molecular formula is C15H16BrClN2O. The van der Waals surface area contributed by atoms with Gasteiger partial charge in [0.15, 0.2) is 0 Å². The maximum absolute atomic E-state index is 7.32. The second-order valence-electron chi connectivity index (χ2n) is 4.19. The lowest BCUT2D eigenvalue weighted by Crippen LogP contribution is -2.10. The van der Waals surface area contributed by atoms with E-state index in [1.54, 1.807) is 0 Å². The van der Waals surface area contributed by atoms with E-state index >= 15 is 0 Å². The summed E-state index contributed by atoms with van der Waals surface area (Å²) in [7, 11) is 0. The summed E-state index contributed by atoms with van der Waals surface area (Å²) in [6, 6.07) is 15.5. The zero-order valence-electron chi connectivity index (χ0n) is 10.8. The molecule has 2 aromatic carbocycles. The smallest absolute Gasteiger partial charge is 0.122 e. The van der Waals surface area contributed by atoms with Crippen molar-refractivity contribution in [3.63, 3.8) is 0 Å². The molecule has 0 spiro atoms. The van der Waals surface area contributed by atoms with Crippen LogP contribution in [0.2, 0.25) is 0 Å². The van der Waals surface area contributed by atoms with E-state index in [4.69, 9.17) is 15.9 Å². The number of hydrogen-bond acceptors (Lipinski definition) is 2. The Morgan fingerprint density at radius 2 is 1.70 bits per heavy atom. The Bertz CT molecular complexity index is 572. The number of benzene rings is 2. The van der Waals surface area contributed by atoms with E-state index in [0.717, 1.165) is 21.2 Å². The van der Waals surface area contributed by atoms with Crippen molar-refractivity contribution >= 4 is 34.2 Å². The molecule has 0 atom stereocenters. The minimum absolute atomic E-state index is 0. The van der Waals surface area contributed by atoms with Crippen LogP contribution in [0.5, 0.6) is 0 Å². The highest BCUT2D eigenvalue weighted by atomic mass is 79.9. The van der Waals surface area contributed by atoms with Crippen LogP contribution in [0.25, 0.3) is 0 Å². The third-order valence-corrected chi connectivity index (χ3v) is 3.52. The summed E-state index contributed by atoms with van der Waals surface area (Å²) in [5.74, 6) is 0.0840. The molecule has 0 aromatic heterocycles. The molecule has 0 saturated heterocycles. The molecule has 0 aliphatic carbocycles. The lowest BCUT2D eigenvalue weighted by molar-refractivity contribution is 0.107. The average Bonchev–Trinajstić information content (AvgIpc) is 2.41. The van der Waals surface area contributed by atoms with Gasteiger partial charge < -0.3 is 10.5 Å². The zero-order chi connectivity index (χ0) is 13.7. The number of hydrogen-bond donors (Lipinski definition) is 2. The van der Waals surface area contributed by atoms with Gasteiger partial charge in [0, 0.05) is 10.0 Å². The SMILES string of the molecule is Cl.N=C(N)c1ccc(COCc2ccccc2Br)cc1. The first kappa shape index (κ1) is 16.7. The monoisotopic (exact) mass is 354 g/mol. The van der Waals surface area contributed by atoms with Crippen molar-refractivity contribution in [3.05, 3.63) is 69.7 Å². The first-order chi connectivity index (χ1) is 9.16. The van der Waals surface area contributed by atoms with E-state index in [2.05, 4.69) is 15.9 Å². The molecule has 106 valence electrons. The van der Waals surface area contributed by atoms with E-state index in [9.17, 15) is 0 Å². The van der Waals surface area contributed by atoms with Crippen LogP contribution in [0.1, 0.15) is 16.7 Å². The first-order valence-electron chi connectivity index (χ1n) is 5.91. The van der Waals surface area contributed by atoms with Crippen molar-refractivity contribution in [2.45, 2.75) is 13.2 Å². The molecule has 0 heterocycles. The topological polar surface area (TPSA) is 59.1 Å². The van der Waals surface area contributed by atoms with Gasteiger partial charge in [0.2, 0.25) is 0 Å². The third-order valence-electron chi connectivity index (χ3n) is 2.75. The van der Waals surface area contributed by atoms with Crippen LogP contribution in [0.15, 0.2) is 53.0 Å². The highest BCUT2D eigenvalue weighted by molar-refractivity contribution is 9.10. The number of ether oxygens (including phenoxy) is 1. The van der Waals surface area contributed by atoms with Gasteiger partial charge in [0.1, 0.15) is 5.84 Å². The Morgan fingerprint density at radius 1 is 1.05 bits per heavy atom. The summed E-state index contributed by atoms with van der Waals surface area (Å²) in [5, 5.41) is 7.32. The maximum atomic E-state index is 7.32. The van der Waals surface area contributed by atoms with Crippen LogP contribution in [-0.2, 0) is 18.0 Å². The van der Waals surface area contributed by atoms with Gasteiger partial charge in [-0.15, -0.1) is 12.4 Å². The van der Waals surface area contributed by atoms with Gasteiger partial charge >= 0.3 is 0 Å². The van der Waals surface area contributed by atoms with E-state index in [-0.39, 0.29) is 18.2 Å². The van der Waals surface area contributed by atoms with Gasteiger partial charge in [-0.25, -0.2) is 0 Å². The van der Waals surface area contributed by atoms with Crippen molar-refractivity contribution in [3.8, 4) is 0 Å². The van der Waals surface area contributed by atoms with Crippen LogP contribution in [0.4, 0.5) is 0 Å². The Morgan fingerprint density at radius 3 is 2.30 bits per heavy atom. The largest absolute Gasteiger partial charge is 0.384 e. The summed E-state index contributed by atoms with van der Waals surface area (Å²) < 4.78 is 6.73. The molecule has 3 nitrogen and oxygen atoms in total. The van der Waals surface area contributed by atoms with Gasteiger partial charge in [-0.1, -0.05) is 58.4 Å². The highest BCUT2D eigenvalue weighted by Gasteiger charge is 2.00. The van der Waals surface area contributed by atoms with Crippen molar-refractivity contribution in [2.75, 3.05) is 0 Å². The molecule has 0 unspecified atom stereocenters. The molecule has 0 fully saturated rings. The minimum Gasteiger partial charge on any atom is -0.384 e. The van der Waals surface area contributed by atoms with Crippen LogP contribution in [0, 0.1) is 5.41 Å². The standard InChI is InChI=1S/C15H15BrN2O.ClH/c16-14-4-2-1-3-13(14)10-19-9-11-5-7-12(8-6-11)15(17)18;/h1-8H,9-10H2,(H3,17,18);1H. The van der Waals surface area contributed by atoms with Gasteiger partial charge in [-0.3, -0.25) is 5.41 Å². The highest BCUT2D eigenvalue weighted by Crippen LogP contribution is 2.17. The fourth-order valence-electron chi connectivity index (χ4n) is 1.67. The number of nitrogens with one attached hydrogen (secondary N) is 1. The number of halogens is 2. The Labute approximate surface area is 133 Å². The Kier molecular flexibility index (Phi) is 6.71. The quantitative estimate of drug-likeness (QED) is 0.632. The van der Waals surface area contributed by atoms with Gasteiger partial charge in [0.25, 0.3) is 0 Å². The average molecular weight is 356 g/mol. The molecule has 2 rings (SSSR count). The van der Waals surface area contributed by atoms with Crippen LogP contribution in [0.3, 0.4) is 0 Å². The molecule has 3 N–H and O–H groups in total. The molecule has 0 saturated carbocycles.